The van der Waals surface area contributed by atoms with Crippen LogP contribution >= 0.6 is 0 Å². The van der Waals surface area contributed by atoms with Crippen molar-refractivity contribution in [2.24, 2.45) is 0 Å². The maximum atomic E-state index is 12.5. The molecule has 0 saturated carbocycles. The van der Waals surface area contributed by atoms with Crippen molar-refractivity contribution in [2.75, 3.05) is 31.5 Å². The van der Waals surface area contributed by atoms with Crippen molar-refractivity contribution in [3.63, 3.8) is 0 Å². The lowest BCUT2D eigenvalue weighted by molar-refractivity contribution is 0.102. The van der Waals surface area contributed by atoms with E-state index in [9.17, 15) is 4.79 Å². The van der Waals surface area contributed by atoms with Crippen molar-refractivity contribution in [1.29, 1.82) is 0 Å². The molecule has 0 fully saturated rings. The van der Waals surface area contributed by atoms with E-state index in [0.29, 0.717) is 29.5 Å². The van der Waals surface area contributed by atoms with E-state index in [1.54, 1.807) is 37.4 Å². The number of rotatable bonds is 7. The van der Waals surface area contributed by atoms with Crippen LogP contribution in [0.4, 0.5) is 11.5 Å². The lowest BCUT2D eigenvalue weighted by Gasteiger charge is -2.17. The van der Waals surface area contributed by atoms with Gasteiger partial charge in [-0.25, -0.2) is 0 Å². The van der Waals surface area contributed by atoms with E-state index < -0.39 is 0 Å². The van der Waals surface area contributed by atoms with E-state index in [2.05, 4.69) is 15.5 Å². The molecule has 1 heterocycles. The van der Waals surface area contributed by atoms with Crippen LogP contribution in [0.25, 0.3) is 0 Å². The van der Waals surface area contributed by atoms with Crippen molar-refractivity contribution < 1.29 is 14.3 Å². The van der Waals surface area contributed by atoms with Crippen LogP contribution in [-0.4, -0.2) is 37.4 Å². The number of benzene rings is 2. The molecule has 28 heavy (non-hydrogen) atoms. The quantitative estimate of drug-likeness (QED) is 0.679. The Kier molecular flexibility index (Phi) is 6.06. The van der Waals surface area contributed by atoms with Gasteiger partial charge in [-0.1, -0.05) is 30.3 Å². The number of amides is 1. The van der Waals surface area contributed by atoms with Gasteiger partial charge in [-0.2, -0.15) is 0 Å². The molecule has 2 aromatic carbocycles. The van der Waals surface area contributed by atoms with Crippen molar-refractivity contribution in [2.45, 2.75) is 6.54 Å². The number of nitrogens with one attached hydrogen (secondary N) is 1. The van der Waals surface area contributed by atoms with Gasteiger partial charge in [0.15, 0.2) is 11.5 Å². The molecule has 3 aromatic rings. The average molecular weight is 378 g/mol. The first-order valence-electron chi connectivity index (χ1n) is 8.73. The zero-order valence-electron chi connectivity index (χ0n) is 16.0. The molecule has 0 radical (unpaired) electrons. The summed E-state index contributed by atoms with van der Waals surface area (Å²) >= 11 is 0. The summed E-state index contributed by atoms with van der Waals surface area (Å²) < 4.78 is 10.5. The third kappa shape index (κ3) is 4.56. The number of carbonyl (C=O) groups excluding carboxylic acids is 1. The van der Waals surface area contributed by atoms with E-state index in [-0.39, 0.29) is 11.6 Å². The van der Waals surface area contributed by atoms with Crippen molar-refractivity contribution in [1.82, 2.24) is 10.2 Å². The molecule has 0 spiro atoms. The molecule has 144 valence electrons. The van der Waals surface area contributed by atoms with Gasteiger partial charge in [0.1, 0.15) is 11.5 Å². The van der Waals surface area contributed by atoms with Crippen LogP contribution in [0.3, 0.4) is 0 Å². The maximum Gasteiger partial charge on any atom is 0.276 e. The second-order valence-corrected chi connectivity index (χ2v) is 6.14. The highest BCUT2D eigenvalue weighted by molar-refractivity contribution is 6.03. The number of anilines is 2. The highest BCUT2D eigenvalue weighted by Gasteiger charge is 2.13. The predicted octanol–water partition coefficient (Wildman–Crippen LogP) is 3.38. The highest BCUT2D eigenvalue weighted by atomic mass is 16.5. The number of nitrogens with zero attached hydrogens (tertiary/aromatic N) is 3. The van der Waals surface area contributed by atoms with E-state index in [4.69, 9.17) is 9.47 Å². The minimum absolute atomic E-state index is 0.210. The zero-order chi connectivity index (χ0) is 19.9. The minimum atomic E-state index is -0.378. The standard InChI is InChI=1S/C21H22N4O3/c1-25(14-15-7-5-4-6-8-15)20-12-10-17(23-24-20)21(26)22-18-13-16(27-2)9-11-19(18)28-3/h4-13H,14H2,1-3H3,(H,22,26). The number of carbonyl (C=O) groups is 1. The van der Waals surface area contributed by atoms with E-state index in [0.717, 1.165) is 0 Å². The lowest BCUT2D eigenvalue weighted by atomic mass is 10.2. The minimum Gasteiger partial charge on any atom is -0.497 e. The van der Waals surface area contributed by atoms with Gasteiger partial charge in [-0.05, 0) is 29.8 Å². The average Bonchev–Trinajstić information content (AvgIpc) is 2.74. The fourth-order valence-electron chi connectivity index (χ4n) is 2.69. The van der Waals surface area contributed by atoms with Crippen LogP contribution in [0.15, 0.2) is 60.7 Å². The highest BCUT2D eigenvalue weighted by Crippen LogP contribution is 2.29. The second-order valence-electron chi connectivity index (χ2n) is 6.14. The van der Waals surface area contributed by atoms with Crippen LogP contribution < -0.4 is 19.7 Å². The summed E-state index contributed by atoms with van der Waals surface area (Å²) in [5.74, 6) is 1.44. The van der Waals surface area contributed by atoms with Crippen LogP contribution in [0.2, 0.25) is 0 Å². The Labute approximate surface area is 163 Å². The number of methoxy groups -OCH3 is 2. The summed E-state index contributed by atoms with van der Waals surface area (Å²) in [7, 11) is 5.02. The molecule has 0 aliphatic heterocycles. The fraction of sp³-hybridized carbons (Fsp3) is 0.190. The van der Waals surface area contributed by atoms with Crippen LogP contribution in [0.1, 0.15) is 16.1 Å². The Hall–Kier alpha value is -3.61. The molecular weight excluding hydrogens is 356 g/mol. The van der Waals surface area contributed by atoms with Crippen molar-refractivity contribution in [3.8, 4) is 11.5 Å². The third-order valence-corrected chi connectivity index (χ3v) is 4.19. The Bertz CT molecular complexity index is 930. The normalized spacial score (nSPS) is 10.2. The van der Waals surface area contributed by atoms with Gasteiger partial charge in [-0.15, -0.1) is 10.2 Å². The van der Waals surface area contributed by atoms with Gasteiger partial charge in [-0.3, -0.25) is 4.79 Å². The summed E-state index contributed by atoms with van der Waals surface area (Å²) in [6, 6.07) is 18.7. The molecule has 0 aliphatic rings. The monoisotopic (exact) mass is 378 g/mol. The number of hydrogen-bond acceptors (Lipinski definition) is 6. The van der Waals surface area contributed by atoms with Gasteiger partial charge < -0.3 is 19.7 Å². The number of aromatic nitrogens is 2. The summed E-state index contributed by atoms with van der Waals surface area (Å²) in [6.07, 6.45) is 0. The van der Waals surface area contributed by atoms with Crippen LogP contribution in [0.5, 0.6) is 11.5 Å². The molecule has 1 N–H and O–H groups in total. The lowest BCUT2D eigenvalue weighted by Crippen LogP contribution is -2.20. The molecule has 0 atom stereocenters. The van der Waals surface area contributed by atoms with E-state index in [1.807, 2.05) is 42.3 Å². The van der Waals surface area contributed by atoms with Gasteiger partial charge in [0.05, 0.1) is 19.9 Å². The first-order valence-corrected chi connectivity index (χ1v) is 8.73. The molecule has 0 bridgehead atoms. The van der Waals surface area contributed by atoms with Gasteiger partial charge >= 0.3 is 0 Å². The molecular formula is C21H22N4O3. The molecule has 0 unspecified atom stereocenters. The van der Waals surface area contributed by atoms with E-state index in [1.165, 1.54) is 12.7 Å². The van der Waals surface area contributed by atoms with Crippen molar-refractivity contribution in [3.05, 3.63) is 71.9 Å². The molecule has 1 amide bonds. The summed E-state index contributed by atoms with van der Waals surface area (Å²) in [5.41, 5.74) is 1.87. The summed E-state index contributed by atoms with van der Waals surface area (Å²) in [4.78, 5) is 14.5. The molecule has 0 saturated heterocycles. The number of hydrogen-bond donors (Lipinski definition) is 1. The Morgan fingerprint density at radius 3 is 2.43 bits per heavy atom. The molecule has 0 aliphatic carbocycles. The molecule has 7 heteroatoms. The molecule has 7 nitrogen and oxygen atoms in total. The summed E-state index contributed by atoms with van der Waals surface area (Å²) in [6.45, 7) is 0.696. The Morgan fingerprint density at radius 2 is 1.79 bits per heavy atom. The maximum absolute atomic E-state index is 12.5. The largest absolute Gasteiger partial charge is 0.497 e. The second kappa shape index (κ2) is 8.85. The third-order valence-electron chi connectivity index (χ3n) is 4.19. The molecule has 3 rings (SSSR count). The fourth-order valence-corrected chi connectivity index (χ4v) is 2.69. The van der Waals surface area contributed by atoms with Crippen LogP contribution in [0, 0.1) is 0 Å². The smallest absolute Gasteiger partial charge is 0.276 e. The van der Waals surface area contributed by atoms with Crippen LogP contribution in [-0.2, 0) is 6.54 Å². The zero-order valence-corrected chi connectivity index (χ0v) is 16.0. The predicted molar refractivity (Wildman–Crippen MR) is 108 cm³/mol. The summed E-state index contributed by atoms with van der Waals surface area (Å²) in [5, 5.41) is 11.0. The van der Waals surface area contributed by atoms with Gasteiger partial charge in [0.2, 0.25) is 0 Å². The van der Waals surface area contributed by atoms with Gasteiger partial charge in [0.25, 0.3) is 5.91 Å². The Balaban J connectivity index is 1.70. The number of ether oxygens (including phenoxy) is 2. The first-order chi connectivity index (χ1) is 13.6. The topological polar surface area (TPSA) is 76.6 Å². The van der Waals surface area contributed by atoms with E-state index >= 15 is 0 Å². The SMILES string of the molecule is COc1ccc(OC)c(NC(=O)c2ccc(N(C)Cc3ccccc3)nn2)c1. The van der Waals surface area contributed by atoms with Gasteiger partial charge in [0, 0.05) is 19.7 Å². The first kappa shape index (κ1) is 19.2. The van der Waals surface area contributed by atoms with Crippen molar-refractivity contribution >= 4 is 17.4 Å². The Morgan fingerprint density at radius 1 is 1.00 bits per heavy atom. The molecule has 1 aromatic heterocycles.